The second-order valence-corrected chi connectivity index (χ2v) is 7.85. The normalized spacial score (nSPS) is 11.4. The lowest BCUT2D eigenvalue weighted by Crippen LogP contribution is -2.31. The van der Waals surface area contributed by atoms with Crippen LogP contribution in [0.1, 0.15) is 0 Å². The molecule has 2 N–H and O–H groups in total. The van der Waals surface area contributed by atoms with Gasteiger partial charge in [-0.1, -0.05) is 91.0 Å². The Kier molecular flexibility index (Phi) is 4.32. The Morgan fingerprint density at radius 1 is 0.594 bits per heavy atom. The molecule has 0 saturated carbocycles. The van der Waals surface area contributed by atoms with Crippen molar-refractivity contribution in [2.45, 2.75) is 0 Å². The maximum absolute atomic E-state index is 10.3. The number of benzene rings is 5. The molecule has 0 unspecified atom stereocenters. The minimum Gasteiger partial charge on any atom is -0.423 e. The zero-order valence-corrected chi connectivity index (χ0v) is 17.2. The molecule has 0 spiro atoms. The highest BCUT2D eigenvalue weighted by Crippen LogP contribution is 2.36. The number of nitrogens with zero attached hydrogens (tertiary/aromatic N) is 2. The van der Waals surface area contributed by atoms with Gasteiger partial charge in [0.1, 0.15) is 5.82 Å². The second-order valence-electron chi connectivity index (χ2n) is 7.85. The fraction of sp³-hybridized carbons (Fsp3) is 0. The summed E-state index contributed by atoms with van der Waals surface area (Å²) in [5.41, 5.74) is 4.42. The molecule has 152 valence electrons. The third-order valence-corrected chi connectivity index (χ3v) is 6.02. The van der Waals surface area contributed by atoms with Crippen LogP contribution >= 0.6 is 0 Å². The van der Waals surface area contributed by atoms with Crippen LogP contribution in [0.15, 0.2) is 103 Å². The minimum atomic E-state index is -1.58. The Morgan fingerprint density at radius 3 is 1.75 bits per heavy atom. The van der Waals surface area contributed by atoms with Crippen LogP contribution in [0.25, 0.3) is 49.7 Å². The molecule has 0 radical (unpaired) electrons. The average Bonchev–Trinajstić information content (AvgIpc) is 3.22. The quantitative estimate of drug-likeness (QED) is 0.327. The summed E-state index contributed by atoms with van der Waals surface area (Å²) >= 11 is 0. The van der Waals surface area contributed by atoms with Crippen LogP contribution in [0.3, 0.4) is 0 Å². The minimum absolute atomic E-state index is 0.519. The smallest absolute Gasteiger partial charge is 0.423 e. The molecular weight excluding hydrogens is 395 g/mol. The number of hydrogen-bond donors (Lipinski definition) is 2. The number of fused-ring (bicyclic) bond motifs is 3. The first-order valence-electron chi connectivity index (χ1n) is 10.6. The molecule has 5 aromatic carbocycles. The van der Waals surface area contributed by atoms with Gasteiger partial charge in [-0.05, 0) is 28.4 Å². The van der Waals surface area contributed by atoms with Crippen molar-refractivity contribution in [3.8, 4) is 17.1 Å². The van der Waals surface area contributed by atoms with E-state index >= 15 is 0 Å². The van der Waals surface area contributed by atoms with Gasteiger partial charge in [0.25, 0.3) is 0 Å². The van der Waals surface area contributed by atoms with Crippen molar-refractivity contribution in [2.75, 3.05) is 0 Å². The fourth-order valence-electron chi connectivity index (χ4n) is 4.69. The van der Waals surface area contributed by atoms with Crippen molar-refractivity contribution >= 4 is 45.2 Å². The third-order valence-electron chi connectivity index (χ3n) is 6.02. The van der Waals surface area contributed by atoms with Crippen molar-refractivity contribution in [1.82, 2.24) is 9.55 Å². The highest BCUT2D eigenvalue weighted by molar-refractivity contribution is 6.66. The Morgan fingerprint density at radius 2 is 1.12 bits per heavy atom. The lowest BCUT2D eigenvalue weighted by Gasteiger charge is -2.19. The van der Waals surface area contributed by atoms with Gasteiger partial charge in [0.2, 0.25) is 0 Å². The van der Waals surface area contributed by atoms with E-state index in [9.17, 15) is 10.0 Å². The number of rotatable bonds is 3. The van der Waals surface area contributed by atoms with Gasteiger partial charge in [-0.3, -0.25) is 4.57 Å². The monoisotopic (exact) mass is 414 g/mol. The van der Waals surface area contributed by atoms with Crippen molar-refractivity contribution in [1.29, 1.82) is 0 Å². The van der Waals surface area contributed by atoms with E-state index in [1.807, 2.05) is 84.9 Å². The molecule has 6 aromatic rings. The van der Waals surface area contributed by atoms with E-state index in [2.05, 4.69) is 22.8 Å². The van der Waals surface area contributed by atoms with Crippen molar-refractivity contribution in [2.24, 2.45) is 0 Å². The molecule has 6 rings (SSSR count). The highest BCUT2D eigenvalue weighted by atomic mass is 16.4. The van der Waals surface area contributed by atoms with E-state index in [0.717, 1.165) is 49.7 Å². The van der Waals surface area contributed by atoms with Crippen LogP contribution in [0.5, 0.6) is 0 Å². The first-order valence-corrected chi connectivity index (χ1v) is 10.6. The van der Waals surface area contributed by atoms with Crippen LogP contribution in [0.4, 0.5) is 0 Å². The summed E-state index contributed by atoms with van der Waals surface area (Å²) in [7, 11) is -1.58. The summed E-state index contributed by atoms with van der Waals surface area (Å²) in [4.78, 5) is 4.99. The van der Waals surface area contributed by atoms with E-state index in [1.54, 1.807) is 0 Å². The number of imidazole rings is 1. The lowest BCUT2D eigenvalue weighted by molar-refractivity contribution is 0.426. The molecule has 4 nitrogen and oxygen atoms in total. The second kappa shape index (κ2) is 7.34. The van der Waals surface area contributed by atoms with Crippen molar-refractivity contribution < 1.29 is 10.0 Å². The predicted molar refractivity (Wildman–Crippen MR) is 131 cm³/mol. The van der Waals surface area contributed by atoms with Gasteiger partial charge in [0, 0.05) is 16.3 Å². The molecule has 0 fully saturated rings. The Hall–Kier alpha value is -3.93. The lowest BCUT2D eigenvalue weighted by atomic mass is 9.73. The maximum Gasteiger partial charge on any atom is 0.489 e. The summed E-state index contributed by atoms with van der Waals surface area (Å²) in [6.45, 7) is 0. The molecule has 0 atom stereocenters. The summed E-state index contributed by atoms with van der Waals surface area (Å²) in [6, 6.07) is 34.0. The molecule has 0 bridgehead atoms. The van der Waals surface area contributed by atoms with Crippen LogP contribution in [0, 0.1) is 0 Å². The van der Waals surface area contributed by atoms with E-state index in [1.165, 1.54) is 0 Å². The van der Waals surface area contributed by atoms with Gasteiger partial charge in [-0.15, -0.1) is 0 Å². The van der Waals surface area contributed by atoms with Gasteiger partial charge < -0.3 is 10.0 Å². The largest absolute Gasteiger partial charge is 0.489 e. The SMILES string of the molecule is OB(O)c1c2ccccc2c(-n2c(-c3ccccc3)nc3ccccc32)c2ccccc12. The summed E-state index contributed by atoms with van der Waals surface area (Å²) < 4.78 is 2.20. The number of para-hydroxylation sites is 2. The molecule has 0 saturated heterocycles. The molecule has 0 amide bonds. The van der Waals surface area contributed by atoms with Crippen LogP contribution in [-0.4, -0.2) is 26.7 Å². The van der Waals surface area contributed by atoms with Gasteiger partial charge >= 0.3 is 7.12 Å². The first-order chi connectivity index (χ1) is 15.7. The zero-order valence-electron chi connectivity index (χ0n) is 17.2. The molecule has 32 heavy (non-hydrogen) atoms. The summed E-state index contributed by atoms with van der Waals surface area (Å²) in [5, 5.41) is 24.1. The predicted octanol–water partition coefficient (Wildman–Crippen LogP) is 4.68. The summed E-state index contributed by atoms with van der Waals surface area (Å²) in [5.74, 6) is 0.847. The number of aromatic nitrogens is 2. The summed E-state index contributed by atoms with van der Waals surface area (Å²) in [6.07, 6.45) is 0. The molecular formula is C27H19BN2O2. The number of hydrogen-bond acceptors (Lipinski definition) is 3. The van der Waals surface area contributed by atoms with Crippen molar-refractivity contribution in [3.63, 3.8) is 0 Å². The van der Waals surface area contributed by atoms with E-state index < -0.39 is 7.12 Å². The van der Waals surface area contributed by atoms with Gasteiger partial charge in [-0.2, -0.15) is 0 Å². The molecule has 0 aliphatic carbocycles. The molecule has 0 aliphatic heterocycles. The molecule has 5 heteroatoms. The first kappa shape index (κ1) is 18.8. The molecule has 1 aromatic heterocycles. The van der Waals surface area contributed by atoms with Gasteiger partial charge in [-0.25, -0.2) is 4.98 Å². The zero-order chi connectivity index (χ0) is 21.7. The topological polar surface area (TPSA) is 58.3 Å². The van der Waals surface area contributed by atoms with Crippen LogP contribution < -0.4 is 5.46 Å². The van der Waals surface area contributed by atoms with Crippen LogP contribution in [0.2, 0.25) is 0 Å². The molecule has 1 heterocycles. The Labute approximate surface area is 185 Å². The standard InChI is InChI=1S/C27H19BN2O2/c31-28(32)25-19-12-4-6-14-21(19)26(22-15-7-5-13-20(22)25)30-24-17-9-8-16-23(24)29-27(30)18-10-2-1-3-11-18/h1-17,31-32H. The van der Waals surface area contributed by atoms with Gasteiger partial charge in [0.15, 0.2) is 0 Å². The van der Waals surface area contributed by atoms with E-state index in [-0.39, 0.29) is 0 Å². The van der Waals surface area contributed by atoms with E-state index in [0.29, 0.717) is 5.46 Å². The Bertz CT molecular complexity index is 1550. The maximum atomic E-state index is 10.3. The average molecular weight is 414 g/mol. The fourth-order valence-corrected chi connectivity index (χ4v) is 4.69. The van der Waals surface area contributed by atoms with Crippen LogP contribution in [-0.2, 0) is 0 Å². The Balaban J connectivity index is 1.86. The molecule has 0 aliphatic rings. The third kappa shape index (κ3) is 2.76. The van der Waals surface area contributed by atoms with Crippen molar-refractivity contribution in [3.05, 3.63) is 103 Å². The van der Waals surface area contributed by atoms with E-state index in [4.69, 9.17) is 4.98 Å². The van der Waals surface area contributed by atoms with Gasteiger partial charge in [0.05, 0.1) is 16.7 Å². The highest BCUT2D eigenvalue weighted by Gasteiger charge is 2.24.